The molecule has 2 saturated heterocycles. The zero-order valence-corrected chi connectivity index (χ0v) is 23.9. The van der Waals surface area contributed by atoms with Crippen LogP contribution in [0.5, 0.6) is 0 Å². The van der Waals surface area contributed by atoms with Gasteiger partial charge in [-0.25, -0.2) is 4.79 Å². The third-order valence-corrected chi connectivity index (χ3v) is 8.21. The first-order chi connectivity index (χ1) is 20.5. The number of hydrogen-bond acceptors (Lipinski definition) is 5. The molecule has 3 aromatic carbocycles. The minimum Gasteiger partial charge on any atom is -0.441 e. The Balaban J connectivity index is 0.00000118. The van der Waals surface area contributed by atoms with Gasteiger partial charge >= 0.3 is 18.4 Å². The van der Waals surface area contributed by atoms with E-state index in [0.29, 0.717) is 18.7 Å². The van der Waals surface area contributed by atoms with Crippen LogP contribution in [0, 0.1) is 0 Å². The van der Waals surface area contributed by atoms with Gasteiger partial charge in [-0.1, -0.05) is 42.5 Å². The lowest BCUT2D eigenvalue weighted by molar-refractivity contribution is -0.191. The number of amides is 1. The van der Waals surface area contributed by atoms with Gasteiger partial charge in [-0.3, -0.25) is 9.80 Å². The highest BCUT2D eigenvalue weighted by molar-refractivity contribution is 5.90. The Bertz CT molecular complexity index is 1630. The van der Waals surface area contributed by atoms with Crippen molar-refractivity contribution in [2.45, 2.75) is 51.1 Å². The Morgan fingerprint density at radius 2 is 1.60 bits per heavy atom. The quantitative estimate of drug-likeness (QED) is 0.243. The van der Waals surface area contributed by atoms with Crippen LogP contribution in [0.3, 0.4) is 0 Å². The SMILES string of the molecule is CC(C)n1cc(CN2CCC3(CC2)CN(c2ccccc2)C(=O)O3)c2cc(-c3ccccc3C(F)(F)F)ccc21.O=C=O. The molecule has 3 heterocycles. The summed E-state index contributed by atoms with van der Waals surface area (Å²) in [5.41, 5.74) is 2.55. The molecule has 0 aliphatic carbocycles. The second-order valence-electron chi connectivity index (χ2n) is 11.3. The molecule has 0 bridgehead atoms. The lowest BCUT2D eigenvalue weighted by Gasteiger charge is -2.37. The van der Waals surface area contributed by atoms with E-state index in [0.717, 1.165) is 54.2 Å². The standard InChI is InChI=1S/C32H32F3N3O2.CO2/c1-22(2)37-20-24(27-18-23(12-13-29(27)37)26-10-6-7-11-28(26)32(33,34)35)19-36-16-14-31(15-17-36)21-38(30(39)40-31)25-8-4-3-5-9-25;2-1-3/h3-13,18,20,22H,14-17,19,21H2,1-2H3;. The highest BCUT2D eigenvalue weighted by Gasteiger charge is 2.47. The van der Waals surface area contributed by atoms with Crippen molar-refractivity contribution in [2.24, 2.45) is 0 Å². The van der Waals surface area contributed by atoms with Crippen LogP contribution in [0.15, 0.2) is 79.0 Å². The first-order valence-corrected chi connectivity index (χ1v) is 14.1. The van der Waals surface area contributed by atoms with Crippen LogP contribution in [-0.2, 0) is 27.0 Å². The fourth-order valence-corrected chi connectivity index (χ4v) is 6.08. The fourth-order valence-electron chi connectivity index (χ4n) is 6.08. The number of fused-ring (bicyclic) bond motifs is 1. The van der Waals surface area contributed by atoms with Crippen molar-refractivity contribution in [1.29, 1.82) is 0 Å². The summed E-state index contributed by atoms with van der Waals surface area (Å²) in [6.07, 6.45) is -0.885. The van der Waals surface area contributed by atoms with E-state index in [1.54, 1.807) is 17.0 Å². The van der Waals surface area contributed by atoms with Gasteiger partial charge in [-0.05, 0) is 60.9 Å². The van der Waals surface area contributed by atoms with Gasteiger partial charge in [0.05, 0.1) is 12.1 Å². The molecule has 43 heavy (non-hydrogen) atoms. The van der Waals surface area contributed by atoms with E-state index >= 15 is 0 Å². The maximum absolute atomic E-state index is 13.8. The number of nitrogens with zero attached hydrogens (tertiary/aromatic N) is 3. The fraction of sp³-hybridized carbons (Fsp3) is 0.333. The van der Waals surface area contributed by atoms with Crippen molar-refractivity contribution < 1.29 is 32.3 Å². The Hall–Kier alpha value is -4.40. The van der Waals surface area contributed by atoms with E-state index in [1.165, 1.54) is 12.1 Å². The van der Waals surface area contributed by atoms with E-state index in [1.807, 2.05) is 42.5 Å². The molecule has 0 unspecified atom stereocenters. The molecule has 0 N–H and O–H groups in total. The van der Waals surface area contributed by atoms with Crippen molar-refractivity contribution >= 4 is 28.8 Å². The number of aromatic nitrogens is 1. The molecule has 2 aliphatic rings. The lowest BCUT2D eigenvalue weighted by atomic mass is 9.91. The summed E-state index contributed by atoms with van der Waals surface area (Å²) in [6, 6.07) is 21.2. The van der Waals surface area contributed by atoms with E-state index in [4.69, 9.17) is 14.3 Å². The normalized spacial score (nSPS) is 16.7. The van der Waals surface area contributed by atoms with Crippen molar-refractivity contribution in [1.82, 2.24) is 9.47 Å². The van der Waals surface area contributed by atoms with Crippen LogP contribution in [0.4, 0.5) is 23.7 Å². The third kappa shape index (κ3) is 6.21. The maximum atomic E-state index is 13.8. The van der Waals surface area contributed by atoms with Crippen molar-refractivity contribution in [3.63, 3.8) is 0 Å². The van der Waals surface area contributed by atoms with Gasteiger partial charge in [-0.2, -0.15) is 22.8 Å². The average molecular weight is 592 g/mol. The van der Waals surface area contributed by atoms with E-state index in [-0.39, 0.29) is 23.9 Å². The number of halogens is 3. The monoisotopic (exact) mass is 591 g/mol. The van der Waals surface area contributed by atoms with Gasteiger partial charge in [0.25, 0.3) is 0 Å². The Labute approximate surface area is 247 Å². The van der Waals surface area contributed by atoms with Crippen molar-refractivity contribution in [3.8, 4) is 11.1 Å². The summed E-state index contributed by atoms with van der Waals surface area (Å²) >= 11 is 0. The van der Waals surface area contributed by atoms with E-state index in [2.05, 4.69) is 29.5 Å². The third-order valence-electron chi connectivity index (χ3n) is 8.21. The maximum Gasteiger partial charge on any atom is 0.417 e. The Morgan fingerprint density at radius 3 is 2.26 bits per heavy atom. The minimum absolute atomic E-state index is 0.186. The number of ether oxygens (including phenoxy) is 1. The molecule has 2 aliphatic heterocycles. The predicted molar refractivity (Wildman–Crippen MR) is 155 cm³/mol. The van der Waals surface area contributed by atoms with E-state index in [9.17, 15) is 18.0 Å². The van der Waals surface area contributed by atoms with Gasteiger partial charge in [-0.15, -0.1) is 0 Å². The first kappa shape index (κ1) is 30.1. The molecule has 6 rings (SSSR count). The Kier molecular flexibility index (Phi) is 8.44. The van der Waals surface area contributed by atoms with Crippen LogP contribution in [-0.4, -0.2) is 46.9 Å². The number of hydrogen-bond donors (Lipinski definition) is 0. The van der Waals surface area contributed by atoms with Crippen LogP contribution >= 0.6 is 0 Å². The molecule has 0 saturated carbocycles. The van der Waals surface area contributed by atoms with Gasteiger partial charge in [0.15, 0.2) is 0 Å². The average Bonchev–Trinajstić information content (AvgIpc) is 3.51. The second-order valence-corrected chi connectivity index (χ2v) is 11.3. The molecule has 1 aromatic heterocycles. The number of rotatable bonds is 5. The lowest BCUT2D eigenvalue weighted by Crippen LogP contribution is -2.46. The molecular formula is C33H32F3N3O4. The molecule has 7 nitrogen and oxygen atoms in total. The highest BCUT2D eigenvalue weighted by atomic mass is 19.4. The topological polar surface area (TPSA) is 71.8 Å². The first-order valence-electron chi connectivity index (χ1n) is 14.1. The van der Waals surface area contributed by atoms with Crippen LogP contribution in [0.25, 0.3) is 22.0 Å². The number of para-hydroxylation sites is 1. The second kappa shape index (κ2) is 12.1. The summed E-state index contributed by atoms with van der Waals surface area (Å²) < 4.78 is 49.4. The molecule has 0 atom stereocenters. The van der Waals surface area contributed by atoms with Gasteiger partial charge in [0.1, 0.15) is 5.60 Å². The minimum atomic E-state index is -4.43. The molecule has 224 valence electrons. The van der Waals surface area contributed by atoms with Crippen LogP contribution < -0.4 is 4.90 Å². The summed E-state index contributed by atoms with van der Waals surface area (Å²) in [6.45, 7) is 6.95. The molecular weight excluding hydrogens is 559 g/mol. The largest absolute Gasteiger partial charge is 0.441 e. The molecule has 4 aromatic rings. The smallest absolute Gasteiger partial charge is 0.417 e. The van der Waals surface area contributed by atoms with Crippen molar-refractivity contribution in [3.05, 3.63) is 90.1 Å². The van der Waals surface area contributed by atoms with E-state index < -0.39 is 17.3 Å². The van der Waals surface area contributed by atoms with Crippen LogP contribution in [0.2, 0.25) is 0 Å². The number of anilines is 1. The van der Waals surface area contributed by atoms with Gasteiger partial charge in [0, 0.05) is 61.3 Å². The molecule has 1 amide bonds. The van der Waals surface area contributed by atoms with Gasteiger partial charge < -0.3 is 9.30 Å². The highest BCUT2D eigenvalue weighted by Crippen LogP contribution is 2.40. The summed E-state index contributed by atoms with van der Waals surface area (Å²) in [4.78, 5) is 33.0. The summed E-state index contributed by atoms with van der Waals surface area (Å²) in [7, 11) is 0. The number of carbonyl (C=O) groups excluding carboxylic acids is 3. The summed E-state index contributed by atoms with van der Waals surface area (Å²) in [5, 5.41) is 0.964. The van der Waals surface area contributed by atoms with Crippen molar-refractivity contribution in [2.75, 3.05) is 24.5 Å². The van der Waals surface area contributed by atoms with Crippen LogP contribution in [0.1, 0.15) is 43.9 Å². The molecule has 1 spiro atoms. The number of carbonyl (C=O) groups is 1. The number of benzene rings is 3. The predicted octanol–water partition coefficient (Wildman–Crippen LogP) is 7.32. The molecule has 10 heteroatoms. The number of alkyl halides is 3. The molecule has 2 fully saturated rings. The number of piperidine rings is 1. The zero-order valence-electron chi connectivity index (χ0n) is 23.9. The number of likely N-dealkylation sites (tertiary alicyclic amines) is 1. The molecule has 0 radical (unpaired) electrons. The Morgan fingerprint density at radius 1 is 0.953 bits per heavy atom. The summed E-state index contributed by atoms with van der Waals surface area (Å²) in [5.74, 6) is 0. The zero-order chi connectivity index (χ0) is 30.8. The van der Waals surface area contributed by atoms with Gasteiger partial charge in [0.2, 0.25) is 0 Å².